The summed E-state index contributed by atoms with van der Waals surface area (Å²) in [6.45, 7) is 2.79. The summed E-state index contributed by atoms with van der Waals surface area (Å²) < 4.78 is 7.84. The van der Waals surface area contributed by atoms with Crippen molar-refractivity contribution in [3.05, 3.63) is 46.5 Å². The first-order chi connectivity index (χ1) is 11.8. The van der Waals surface area contributed by atoms with Gasteiger partial charge in [0, 0.05) is 50.8 Å². The molecule has 124 valence electrons. The molecule has 0 saturated heterocycles. The number of nitrogens with zero attached hydrogens (tertiary/aromatic N) is 4. The molecule has 1 saturated carbocycles. The quantitative estimate of drug-likeness (QED) is 0.728. The summed E-state index contributed by atoms with van der Waals surface area (Å²) in [7, 11) is 2.18. The fourth-order valence-electron chi connectivity index (χ4n) is 3.60. The molecule has 4 heterocycles. The molecule has 1 aliphatic heterocycles. The molecule has 24 heavy (non-hydrogen) atoms. The minimum absolute atomic E-state index is 0.706. The van der Waals surface area contributed by atoms with E-state index in [9.17, 15) is 0 Å². The van der Waals surface area contributed by atoms with Gasteiger partial charge in [0.25, 0.3) is 0 Å². The van der Waals surface area contributed by atoms with E-state index in [1.807, 2.05) is 6.07 Å². The Morgan fingerprint density at radius 1 is 1.38 bits per heavy atom. The van der Waals surface area contributed by atoms with Crippen LogP contribution in [-0.2, 0) is 26.6 Å². The van der Waals surface area contributed by atoms with Crippen LogP contribution in [0, 0.1) is 0 Å². The lowest BCUT2D eigenvalue weighted by Crippen LogP contribution is -2.30. The van der Waals surface area contributed by atoms with Crippen LogP contribution in [0.3, 0.4) is 0 Å². The zero-order valence-corrected chi connectivity index (χ0v) is 14.6. The number of aromatic nitrogens is 3. The Balaban J connectivity index is 1.32. The van der Waals surface area contributed by atoms with Crippen LogP contribution in [-0.4, -0.2) is 26.2 Å². The Hall–Kier alpha value is -1.92. The molecule has 0 bridgehead atoms. The second-order valence-electron chi connectivity index (χ2n) is 6.82. The van der Waals surface area contributed by atoms with E-state index in [1.165, 1.54) is 30.1 Å². The smallest absolute Gasteiger partial charge is 0.177 e. The molecule has 0 atom stereocenters. The fourth-order valence-corrected chi connectivity index (χ4v) is 4.27. The molecule has 3 aromatic heterocycles. The number of fused-ring (bicyclic) bond motifs is 1. The van der Waals surface area contributed by atoms with Gasteiger partial charge in [0.2, 0.25) is 0 Å². The lowest BCUT2D eigenvalue weighted by Gasteiger charge is -2.25. The minimum Gasteiger partial charge on any atom is -0.355 e. The standard InChI is InChI=1S/C18H20N4OS/c1-21-15-6-7-22(11-14(15)19-18(21)12-4-5-12)10-13-9-16(23-20-13)17-3-2-8-24-17/h2-3,8-9,12H,4-7,10-11H2,1H3. The Labute approximate surface area is 144 Å². The molecule has 6 heteroatoms. The van der Waals surface area contributed by atoms with E-state index in [0.717, 1.165) is 42.4 Å². The van der Waals surface area contributed by atoms with Crippen LogP contribution in [0.1, 0.15) is 41.7 Å². The van der Waals surface area contributed by atoms with Crippen LogP contribution in [0.25, 0.3) is 10.6 Å². The van der Waals surface area contributed by atoms with Gasteiger partial charge in [0.05, 0.1) is 16.3 Å². The van der Waals surface area contributed by atoms with Gasteiger partial charge in [-0.2, -0.15) is 0 Å². The van der Waals surface area contributed by atoms with E-state index in [1.54, 1.807) is 11.3 Å². The molecule has 5 nitrogen and oxygen atoms in total. The molecule has 0 spiro atoms. The highest BCUT2D eigenvalue weighted by Crippen LogP contribution is 2.40. The van der Waals surface area contributed by atoms with Crippen molar-refractivity contribution in [1.29, 1.82) is 0 Å². The number of hydrogen-bond acceptors (Lipinski definition) is 5. The maximum absolute atomic E-state index is 5.50. The first kappa shape index (κ1) is 14.4. The van der Waals surface area contributed by atoms with Crippen LogP contribution < -0.4 is 0 Å². The molecule has 2 aliphatic rings. The van der Waals surface area contributed by atoms with E-state index in [-0.39, 0.29) is 0 Å². The fraction of sp³-hybridized carbons (Fsp3) is 0.444. The monoisotopic (exact) mass is 340 g/mol. The van der Waals surface area contributed by atoms with E-state index < -0.39 is 0 Å². The average molecular weight is 340 g/mol. The highest BCUT2D eigenvalue weighted by molar-refractivity contribution is 7.13. The highest BCUT2D eigenvalue weighted by atomic mass is 32.1. The predicted octanol–water partition coefficient (Wildman–Crippen LogP) is 3.57. The number of thiophene rings is 1. The second-order valence-corrected chi connectivity index (χ2v) is 7.76. The van der Waals surface area contributed by atoms with Crippen molar-refractivity contribution in [2.45, 2.75) is 38.3 Å². The van der Waals surface area contributed by atoms with Crippen LogP contribution in [0.2, 0.25) is 0 Å². The SMILES string of the molecule is Cn1c(C2CC2)nc2c1CCN(Cc1cc(-c3cccs3)on1)C2. The lowest BCUT2D eigenvalue weighted by molar-refractivity contribution is 0.233. The molecular weight excluding hydrogens is 320 g/mol. The summed E-state index contributed by atoms with van der Waals surface area (Å²) in [4.78, 5) is 8.48. The topological polar surface area (TPSA) is 47.1 Å². The first-order valence-corrected chi connectivity index (χ1v) is 9.42. The van der Waals surface area contributed by atoms with Gasteiger partial charge in [-0.25, -0.2) is 4.98 Å². The first-order valence-electron chi connectivity index (χ1n) is 8.54. The second kappa shape index (κ2) is 5.57. The number of rotatable bonds is 4. The van der Waals surface area contributed by atoms with Gasteiger partial charge in [0.15, 0.2) is 5.76 Å². The van der Waals surface area contributed by atoms with Gasteiger partial charge in [-0.3, -0.25) is 4.90 Å². The van der Waals surface area contributed by atoms with Gasteiger partial charge < -0.3 is 9.09 Å². The number of imidazole rings is 1. The van der Waals surface area contributed by atoms with E-state index in [0.29, 0.717) is 5.92 Å². The molecule has 0 aromatic carbocycles. The van der Waals surface area contributed by atoms with Crippen LogP contribution >= 0.6 is 11.3 Å². The molecular formula is C18H20N4OS. The average Bonchev–Trinajstić information content (AvgIpc) is 3.00. The summed E-state index contributed by atoms with van der Waals surface area (Å²) in [5.74, 6) is 2.87. The van der Waals surface area contributed by atoms with Crippen molar-refractivity contribution in [1.82, 2.24) is 19.6 Å². The molecule has 0 N–H and O–H groups in total. The van der Waals surface area contributed by atoms with E-state index >= 15 is 0 Å². The molecule has 1 aliphatic carbocycles. The Bertz CT molecular complexity index is 860. The highest BCUT2D eigenvalue weighted by Gasteiger charge is 2.31. The summed E-state index contributed by atoms with van der Waals surface area (Å²) in [5, 5.41) is 6.31. The van der Waals surface area contributed by atoms with Crippen molar-refractivity contribution in [2.75, 3.05) is 6.54 Å². The third kappa shape index (κ3) is 2.50. The molecule has 0 radical (unpaired) electrons. The summed E-state index contributed by atoms with van der Waals surface area (Å²) in [5.41, 5.74) is 3.68. The summed E-state index contributed by atoms with van der Waals surface area (Å²) in [6.07, 6.45) is 3.68. The van der Waals surface area contributed by atoms with E-state index in [2.05, 4.69) is 39.2 Å². The Morgan fingerprint density at radius 3 is 3.08 bits per heavy atom. The van der Waals surface area contributed by atoms with Crippen LogP contribution in [0.15, 0.2) is 28.1 Å². The van der Waals surface area contributed by atoms with Crippen LogP contribution in [0.4, 0.5) is 0 Å². The van der Waals surface area contributed by atoms with Gasteiger partial charge in [-0.05, 0) is 24.3 Å². The molecule has 1 fully saturated rings. The minimum atomic E-state index is 0.706. The van der Waals surface area contributed by atoms with Crippen molar-refractivity contribution in [2.24, 2.45) is 7.05 Å². The zero-order chi connectivity index (χ0) is 16.1. The maximum Gasteiger partial charge on any atom is 0.177 e. The van der Waals surface area contributed by atoms with Gasteiger partial charge in [-0.1, -0.05) is 11.2 Å². The molecule has 0 unspecified atom stereocenters. The van der Waals surface area contributed by atoms with Crippen molar-refractivity contribution >= 4 is 11.3 Å². The zero-order valence-electron chi connectivity index (χ0n) is 13.7. The third-order valence-electron chi connectivity index (χ3n) is 5.02. The molecule has 0 amide bonds. The van der Waals surface area contributed by atoms with E-state index in [4.69, 9.17) is 9.51 Å². The maximum atomic E-state index is 5.50. The number of hydrogen-bond donors (Lipinski definition) is 0. The summed E-state index contributed by atoms with van der Waals surface area (Å²) in [6, 6.07) is 6.16. The van der Waals surface area contributed by atoms with Crippen molar-refractivity contribution < 1.29 is 4.52 Å². The predicted molar refractivity (Wildman–Crippen MR) is 92.8 cm³/mol. The Kier molecular flexibility index (Phi) is 3.35. The Morgan fingerprint density at radius 2 is 2.29 bits per heavy atom. The van der Waals surface area contributed by atoms with Crippen molar-refractivity contribution in [3.8, 4) is 10.6 Å². The third-order valence-corrected chi connectivity index (χ3v) is 5.90. The largest absolute Gasteiger partial charge is 0.355 e. The van der Waals surface area contributed by atoms with Gasteiger partial charge >= 0.3 is 0 Å². The molecule has 3 aromatic rings. The van der Waals surface area contributed by atoms with Gasteiger partial charge in [-0.15, -0.1) is 11.3 Å². The van der Waals surface area contributed by atoms with Crippen LogP contribution in [0.5, 0.6) is 0 Å². The lowest BCUT2D eigenvalue weighted by atomic mass is 10.1. The van der Waals surface area contributed by atoms with Crippen molar-refractivity contribution in [3.63, 3.8) is 0 Å². The summed E-state index contributed by atoms with van der Waals surface area (Å²) >= 11 is 1.68. The molecule has 5 rings (SSSR count). The van der Waals surface area contributed by atoms with Gasteiger partial charge in [0.1, 0.15) is 5.82 Å². The normalized spacial score (nSPS) is 18.0.